The van der Waals surface area contributed by atoms with Crippen molar-refractivity contribution in [3.63, 3.8) is 0 Å². The third-order valence-electron chi connectivity index (χ3n) is 3.63. The van der Waals surface area contributed by atoms with Crippen LogP contribution in [0, 0.1) is 5.92 Å². The summed E-state index contributed by atoms with van der Waals surface area (Å²) in [6.45, 7) is 0.327. The molecule has 0 heterocycles. The first-order valence-corrected chi connectivity index (χ1v) is 8.28. The molecule has 0 spiro atoms. The van der Waals surface area contributed by atoms with E-state index in [1.807, 2.05) is 0 Å². The van der Waals surface area contributed by atoms with E-state index in [1.165, 1.54) is 12.1 Å². The van der Waals surface area contributed by atoms with Gasteiger partial charge in [-0.25, -0.2) is 13.1 Å². The highest BCUT2D eigenvalue weighted by molar-refractivity contribution is 7.89. The number of hydrogen-bond donors (Lipinski definition) is 2. The normalized spacial score (nSPS) is 22.7. The molecule has 1 aliphatic carbocycles. The van der Waals surface area contributed by atoms with Gasteiger partial charge < -0.3 is 10.5 Å². The van der Waals surface area contributed by atoms with E-state index in [0.29, 0.717) is 13.0 Å². The first kappa shape index (κ1) is 17.0. The van der Waals surface area contributed by atoms with Crippen molar-refractivity contribution in [2.45, 2.75) is 36.6 Å². The highest BCUT2D eigenvalue weighted by Crippen LogP contribution is 2.31. The van der Waals surface area contributed by atoms with Crippen LogP contribution in [0.5, 0.6) is 5.75 Å². The van der Waals surface area contributed by atoms with E-state index in [4.69, 9.17) is 5.73 Å². The molecule has 9 heteroatoms. The third-order valence-corrected chi connectivity index (χ3v) is 5.16. The van der Waals surface area contributed by atoms with Gasteiger partial charge in [-0.3, -0.25) is 0 Å². The van der Waals surface area contributed by atoms with Gasteiger partial charge in [0.15, 0.2) is 0 Å². The Morgan fingerprint density at radius 1 is 1.27 bits per heavy atom. The van der Waals surface area contributed by atoms with Gasteiger partial charge in [-0.15, -0.1) is 13.2 Å². The van der Waals surface area contributed by atoms with Crippen molar-refractivity contribution in [3.05, 3.63) is 24.3 Å². The Kier molecular flexibility index (Phi) is 4.98. The summed E-state index contributed by atoms with van der Waals surface area (Å²) < 4.78 is 68.1. The minimum atomic E-state index is -4.96. The van der Waals surface area contributed by atoms with Gasteiger partial charge in [0, 0.05) is 6.04 Å². The number of halogens is 3. The largest absolute Gasteiger partial charge is 0.573 e. The van der Waals surface area contributed by atoms with Crippen molar-refractivity contribution in [2.24, 2.45) is 11.7 Å². The van der Waals surface area contributed by atoms with Crippen molar-refractivity contribution >= 4 is 10.0 Å². The van der Waals surface area contributed by atoms with E-state index in [1.54, 1.807) is 0 Å². The van der Waals surface area contributed by atoms with Crippen molar-refractivity contribution in [1.29, 1.82) is 0 Å². The second-order valence-corrected chi connectivity index (χ2v) is 6.83. The smallest absolute Gasteiger partial charge is 0.404 e. The molecule has 0 bridgehead atoms. The molecule has 1 aliphatic rings. The van der Waals surface area contributed by atoms with Crippen LogP contribution in [0.2, 0.25) is 0 Å². The SMILES string of the molecule is NCC1CCCC1NS(=O)(=O)c1ccccc1OC(F)(F)F. The van der Waals surface area contributed by atoms with Crippen LogP contribution in [0.25, 0.3) is 0 Å². The Morgan fingerprint density at radius 3 is 2.59 bits per heavy atom. The molecule has 1 aromatic rings. The summed E-state index contributed by atoms with van der Waals surface area (Å²) in [6, 6.07) is 4.30. The Hall–Kier alpha value is -1.32. The fourth-order valence-electron chi connectivity index (χ4n) is 2.62. The molecule has 0 radical (unpaired) electrons. The third kappa shape index (κ3) is 4.11. The molecular weight excluding hydrogens is 321 g/mol. The summed E-state index contributed by atoms with van der Waals surface area (Å²) in [7, 11) is -4.12. The Labute approximate surface area is 126 Å². The van der Waals surface area contributed by atoms with Crippen LogP contribution in [0.15, 0.2) is 29.2 Å². The van der Waals surface area contributed by atoms with Gasteiger partial charge in [-0.2, -0.15) is 0 Å². The number of para-hydroxylation sites is 1. The first-order chi connectivity index (χ1) is 10.2. The number of benzene rings is 1. The van der Waals surface area contributed by atoms with Gasteiger partial charge in [-0.1, -0.05) is 18.6 Å². The summed E-state index contributed by atoms with van der Waals surface area (Å²) in [5.74, 6) is -0.754. The van der Waals surface area contributed by atoms with Crippen LogP contribution in [-0.2, 0) is 10.0 Å². The van der Waals surface area contributed by atoms with Crippen LogP contribution in [0.1, 0.15) is 19.3 Å². The zero-order valence-corrected chi connectivity index (χ0v) is 12.5. The lowest BCUT2D eigenvalue weighted by Crippen LogP contribution is -2.40. The van der Waals surface area contributed by atoms with Crippen LogP contribution in [0.3, 0.4) is 0 Å². The second kappa shape index (κ2) is 6.43. The quantitative estimate of drug-likeness (QED) is 0.860. The van der Waals surface area contributed by atoms with E-state index in [2.05, 4.69) is 9.46 Å². The number of sulfonamides is 1. The van der Waals surface area contributed by atoms with Gasteiger partial charge >= 0.3 is 6.36 Å². The number of alkyl halides is 3. The Morgan fingerprint density at radius 2 is 1.95 bits per heavy atom. The lowest BCUT2D eigenvalue weighted by molar-refractivity contribution is -0.275. The Bertz CT molecular complexity index is 619. The summed E-state index contributed by atoms with van der Waals surface area (Å²) in [6.07, 6.45) is -2.72. The van der Waals surface area contributed by atoms with Crippen molar-refractivity contribution in [2.75, 3.05) is 6.54 Å². The van der Waals surface area contributed by atoms with Crippen LogP contribution < -0.4 is 15.2 Å². The molecule has 2 unspecified atom stereocenters. The summed E-state index contributed by atoms with van der Waals surface area (Å²) >= 11 is 0. The topological polar surface area (TPSA) is 81.4 Å². The molecule has 0 aromatic heterocycles. The molecular formula is C13H17F3N2O3S. The Balaban J connectivity index is 2.26. The molecule has 2 atom stereocenters. The zero-order chi connectivity index (χ0) is 16.4. The molecule has 22 heavy (non-hydrogen) atoms. The van der Waals surface area contributed by atoms with Crippen molar-refractivity contribution in [1.82, 2.24) is 4.72 Å². The predicted molar refractivity (Wildman–Crippen MR) is 73.6 cm³/mol. The summed E-state index contributed by atoms with van der Waals surface area (Å²) in [4.78, 5) is -0.532. The van der Waals surface area contributed by atoms with E-state index >= 15 is 0 Å². The van der Waals surface area contributed by atoms with Crippen LogP contribution in [-0.4, -0.2) is 27.4 Å². The van der Waals surface area contributed by atoms with Gasteiger partial charge in [0.1, 0.15) is 10.6 Å². The van der Waals surface area contributed by atoms with E-state index in [9.17, 15) is 21.6 Å². The van der Waals surface area contributed by atoms with E-state index in [0.717, 1.165) is 25.0 Å². The number of rotatable bonds is 5. The van der Waals surface area contributed by atoms with Crippen LogP contribution in [0.4, 0.5) is 13.2 Å². The highest BCUT2D eigenvalue weighted by atomic mass is 32.2. The fourth-order valence-corrected chi connectivity index (χ4v) is 4.09. The lowest BCUT2D eigenvalue weighted by Gasteiger charge is -2.20. The zero-order valence-electron chi connectivity index (χ0n) is 11.6. The average Bonchev–Trinajstić information content (AvgIpc) is 2.83. The second-order valence-electron chi connectivity index (χ2n) is 5.15. The van der Waals surface area contributed by atoms with Gasteiger partial charge in [-0.05, 0) is 37.4 Å². The van der Waals surface area contributed by atoms with Gasteiger partial charge in [0.2, 0.25) is 10.0 Å². The maximum absolute atomic E-state index is 12.4. The molecule has 0 amide bonds. The molecule has 1 saturated carbocycles. The minimum absolute atomic E-state index is 0.00882. The summed E-state index contributed by atoms with van der Waals surface area (Å²) in [5.41, 5.74) is 5.59. The van der Waals surface area contributed by atoms with Gasteiger partial charge in [0.25, 0.3) is 0 Å². The molecule has 124 valence electrons. The standard InChI is InChI=1S/C13H17F3N2O3S/c14-13(15,16)21-11-6-1-2-7-12(11)22(19,20)18-10-5-3-4-9(10)8-17/h1-2,6-7,9-10,18H,3-5,8,17H2. The average molecular weight is 338 g/mol. The van der Waals surface area contributed by atoms with Crippen LogP contribution >= 0.6 is 0 Å². The summed E-state index contributed by atoms with van der Waals surface area (Å²) in [5, 5.41) is 0. The maximum Gasteiger partial charge on any atom is 0.573 e. The first-order valence-electron chi connectivity index (χ1n) is 6.80. The molecule has 3 N–H and O–H groups in total. The van der Waals surface area contributed by atoms with E-state index < -0.39 is 27.0 Å². The molecule has 0 saturated heterocycles. The number of ether oxygens (including phenoxy) is 1. The number of nitrogens with one attached hydrogen (secondary N) is 1. The molecule has 1 fully saturated rings. The minimum Gasteiger partial charge on any atom is -0.404 e. The molecule has 2 rings (SSSR count). The van der Waals surface area contributed by atoms with E-state index in [-0.39, 0.29) is 12.0 Å². The van der Waals surface area contributed by atoms with Gasteiger partial charge in [0.05, 0.1) is 0 Å². The lowest BCUT2D eigenvalue weighted by atomic mass is 10.1. The molecule has 0 aliphatic heterocycles. The maximum atomic E-state index is 12.4. The molecule has 1 aromatic carbocycles. The highest BCUT2D eigenvalue weighted by Gasteiger charge is 2.35. The monoisotopic (exact) mass is 338 g/mol. The van der Waals surface area contributed by atoms with Crippen molar-refractivity contribution in [3.8, 4) is 5.75 Å². The molecule has 5 nitrogen and oxygen atoms in total. The predicted octanol–water partition coefficient (Wildman–Crippen LogP) is 1.99. The fraction of sp³-hybridized carbons (Fsp3) is 0.538. The number of hydrogen-bond acceptors (Lipinski definition) is 4. The van der Waals surface area contributed by atoms with Crippen molar-refractivity contribution < 1.29 is 26.3 Å². The number of nitrogens with two attached hydrogens (primary N) is 1.